The lowest BCUT2D eigenvalue weighted by Crippen LogP contribution is -2.48. The van der Waals surface area contributed by atoms with Crippen LogP contribution >= 0.6 is 11.6 Å². The van der Waals surface area contributed by atoms with Crippen molar-refractivity contribution in [3.63, 3.8) is 0 Å². The molecule has 0 aromatic heterocycles. The molecule has 3 nitrogen and oxygen atoms in total. The minimum atomic E-state index is 0.181. The second-order valence-electron chi connectivity index (χ2n) is 3.65. The van der Waals surface area contributed by atoms with Crippen molar-refractivity contribution in [2.24, 2.45) is 5.73 Å². The van der Waals surface area contributed by atoms with Crippen LogP contribution in [0.5, 0.6) is 0 Å². The SMILES string of the molecule is NCCN1C(=O)CC1c1ccc(Cl)cc1. The third-order valence-corrected chi connectivity index (χ3v) is 2.94. The number of amides is 1. The molecule has 1 aromatic carbocycles. The standard InChI is InChI=1S/C11H13ClN2O/c12-9-3-1-8(2-4-9)10-7-11(15)14(10)6-5-13/h1-4,10H,5-7,13H2. The molecule has 2 rings (SSSR count). The van der Waals surface area contributed by atoms with E-state index in [0.29, 0.717) is 19.5 Å². The first-order chi connectivity index (χ1) is 7.22. The molecule has 0 aliphatic carbocycles. The van der Waals surface area contributed by atoms with Crippen LogP contribution in [-0.4, -0.2) is 23.9 Å². The molecule has 1 heterocycles. The maximum atomic E-state index is 11.3. The maximum Gasteiger partial charge on any atom is 0.225 e. The van der Waals surface area contributed by atoms with Crippen LogP contribution in [0.4, 0.5) is 0 Å². The summed E-state index contributed by atoms with van der Waals surface area (Å²) in [6.07, 6.45) is 0.585. The van der Waals surface area contributed by atoms with Crippen molar-refractivity contribution < 1.29 is 4.79 Å². The van der Waals surface area contributed by atoms with E-state index in [0.717, 1.165) is 10.6 Å². The summed E-state index contributed by atoms with van der Waals surface area (Å²) in [4.78, 5) is 13.1. The van der Waals surface area contributed by atoms with Gasteiger partial charge in [0.25, 0.3) is 0 Å². The second kappa shape index (κ2) is 4.21. The van der Waals surface area contributed by atoms with Gasteiger partial charge in [-0.15, -0.1) is 0 Å². The van der Waals surface area contributed by atoms with Crippen molar-refractivity contribution >= 4 is 17.5 Å². The average Bonchev–Trinajstić information content (AvgIpc) is 2.24. The van der Waals surface area contributed by atoms with Gasteiger partial charge in [0, 0.05) is 18.1 Å². The highest BCUT2D eigenvalue weighted by atomic mass is 35.5. The Balaban J connectivity index is 2.11. The van der Waals surface area contributed by atoms with Gasteiger partial charge < -0.3 is 10.6 Å². The molecular formula is C11H13ClN2O. The number of halogens is 1. The lowest BCUT2D eigenvalue weighted by Gasteiger charge is -2.40. The normalized spacial score (nSPS) is 20.3. The van der Waals surface area contributed by atoms with Gasteiger partial charge >= 0.3 is 0 Å². The summed E-state index contributed by atoms with van der Waals surface area (Å²) in [5.41, 5.74) is 6.58. The van der Waals surface area contributed by atoms with Gasteiger partial charge in [0.15, 0.2) is 0 Å². The number of hydrogen-bond acceptors (Lipinski definition) is 2. The van der Waals surface area contributed by atoms with Crippen molar-refractivity contribution in [1.82, 2.24) is 4.90 Å². The van der Waals surface area contributed by atoms with Gasteiger partial charge in [-0.3, -0.25) is 4.79 Å². The molecule has 1 fully saturated rings. The molecule has 0 saturated carbocycles. The van der Waals surface area contributed by atoms with E-state index in [1.165, 1.54) is 0 Å². The number of benzene rings is 1. The van der Waals surface area contributed by atoms with Gasteiger partial charge in [0.2, 0.25) is 5.91 Å². The Labute approximate surface area is 93.8 Å². The van der Waals surface area contributed by atoms with E-state index < -0.39 is 0 Å². The Hall–Kier alpha value is -1.06. The Morgan fingerprint density at radius 3 is 2.60 bits per heavy atom. The van der Waals surface area contributed by atoms with Gasteiger partial charge in [-0.25, -0.2) is 0 Å². The van der Waals surface area contributed by atoms with Crippen LogP contribution in [0.1, 0.15) is 18.0 Å². The number of likely N-dealkylation sites (tertiary alicyclic amines) is 1. The van der Waals surface area contributed by atoms with Crippen molar-refractivity contribution in [1.29, 1.82) is 0 Å². The highest BCUT2D eigenvalue weighted by Crippen LogP contribution is 2.34. The third kappa shape index (κ3) is 1.98. The summed E-state index contributed by atoms with van der Waals surface area (Å²) in [6.45, 7) is 1.14. The average molecular weight is 225 g/mol. The van der Waals surface area contributed by atoms with Crippen LogP contribution in [0.15, 0.2) is 24.3 Å². The van der Waals surface area contributed by atoms with E-state index in [9.17, 15) is 4.79 Å². The maximum absolute atomic E-state index is 11.3. The van der Waals surface area contributed by atoms with Gasteiger partial charge in [0.1, 0.15) is 0 Å². The predicted molar refractivity (Wildman–Crippen MR) is 59.6 cm³/mol. The number of rotatable bonds is 3. The van der Waals surface area contributed by atoms with E-state index in [2.05, 4.69) is 0 Å². The molecule has 1 amide bonds. The summed E-state index contributed by atoms with van der Waals surface area (Å²) in [5, 5.41) is 0.717. The largest absolute Gasteiger partial charge is 0.334 e. The topological polar surface area (TPSA) is 46.3 Å². The molecule has 80 valence electrons. The number of nitrogens with two attached hydrogens (primary N) is 1. The summed E-state index contributed by atoms with van der Waals surface area (Å²) >= 11 is 5.80. The van der Waals surface area contributed by atoms with Crippen LogP contribution in [0.25, 0.3) is 0 Å². The summed E-state index contributed by atoms with van der Waals surface area (Å²) in [5.74, 6) is 0.181. The highest BCUT2D eigenvalue weighted by Gasteiger charge is 2.36. The van der Waals surface area contributed by atoms with Gasteiger partial charge in [0.05, 0.1) is 12.5 Å². The lowest BCUT2D eigenvalue weighted by atomic mass is 9.94. The monoisotopic (exact) mass is 224 g/mol. The first-order valence-corrected chi connectivity index (χ1v) is 5.35. The lowest BCUT2D eigenvalue weighted by molar-refractivity contribution is -0.146. The smallest absolute Gasteiger partial charge is 0.225 e. The summed E-state index contributed by atoms with van der Waals surface area (Å²) in [6, 6.07) is 7.81. The second-order valence-corrected chi connectivity index (χ2v) is 4.08. The van der Waals surface area contributed by atoms with Gasteiger partial charge in [-0.2, -0.15) is 0 Å². The molecule has 0 bridgehead atoms. The number of β-lactam (4-membered cyclic amide) rings is 1. The molecule has 0 spiro atoms. The molecule has 0 radical (unpaired) electrons. The molecule has 1 aliphatic heterocycles. The molecule has 1 aliphatic rings. The van der Waals surface area contributed by atoms with Crippen LogP contribution in [0.3, 0.4) is 0 Å². The Kier molecular flexibility index (Phi) is 2.93. The van der Waals surface area contributed by atoms with Crippen molar-refractivity contribution in [3.05, 3.63) is 34.9 Å². The van der Waals surface area contributed by atoms with Gasteiger partial charge in [-0.05, 0) is 17.7 Å². The minimum absolute atomic E-state index is 0.181. The van der Waals surface area contributed by atoms with E-state index in [4.69, 9.17) is 17.3 Å². The van der Waals surface area contributed by atoms with E-state index >= 15 is 0 Å². The summed E-state index contributed by atoms with van der Waals surface area (Å²) in [7, 11) is 0. The molecule has 15 heavy (non-hydrogen) atoms. The van der Waals surface area contributed by atoms with Crippen molar-refractivity contribution in [2.75, 3.05) is 13.1 Å². The zero-order valence-corrected chi connectivity index (χ0v) is 9.07. The van der Waals surface area contributed by atoms with Crippen molar-refractivity contribution in [3.8, 4) is 0 Å². The zero-order valence-electron chi connectivity index (χ0n) is 8.32. The number of nitrogens with zero attached hydrogens (tertiary/aromatic N) is 1. The summed E-state index contributed by atoms with van der Waals surface area (Å²) < 4.78 is 0. The van der Waals surface area contributed by atoms with E-state index in [-0.39, 0.29) is 11.9 Å². The fourth-order valence-corrected chi connectivity index (χ4v) is 1.98. The molecule has 1 saturated heterocycles. The Morgan fingerprint density at radius 2 is 2.07 bits per heavy atom. The predicted octanol–water partition coefficient (Wildman–Crippen LogP) is 1.57. The first kappa shape index (κ1) is 10.5. The fourth-order valence-electron chi connectivity index (χ4n) is 1.86. The molecule has 1 atom stereocenters. The molecular weight excluding hydrogens is 212 g/mol. The van der Waals surface area contributed by atoms with Crippen LogP contribution in [-0.2, 0) is 4.79 Å². The quantitative estimate of drug-likeness (QED) is 0.793. The molecule has 4 heteroatoms. The van der Waals surface area contributed by atoms with Crippen LogP contribution in [0.2, 0.25) is 5.02 Å². The first-order valence-electron chi connectivity index (χ1n) is 4.97. The van der Waals surface area contributed by atoms with Crippen LogP contribution < -0.4 is 5.73 Å². The van der Waals surface area contributed by atoms with Crippen LogP contribution in [0, 0.1) is 0 Å². The van der Waals surface area contributed by atoms with E-state index in [1.54, 1.807) is 0 Å². The third-order valence-electron chi connectivity index (χ3n) is 2.69. The Morgan fingerprint density at radius 1 is 1.40 bits per heavy atom. The molecule has 1 aromatic rings. The Bertz CT molecular complexity index is 363. The van der Waals surface area contributed by atoms with E-state index in [1.807, 2.05) is 29.2 Å². The fraction of sp³-hybridized carbons (Fsp3) is 0.364. The minimum Gasteiger partial charge on any atom is -0.334 e. The highest BCUT2D eigenvalue weighted by molar-refractivity contribution is 6.30. The number of carbonyl (C=O) groups is 1. The number of carbonyl (C=O) groups excluding carboxylic acids is 1. The molecule has 1 unspecified atom stereocenters. The van der Waals surface area contributed by atoms with Gasteiger partial charge in [-0.1, -0.05) is 23.7 Å². The van der Waals surface area contributed by atoms with Crippen molar-refractivity contribution in [2.45, 2.75) is 12.5 Å². The number of hydrogen-bond donors (Lipinski definition) is 1. The zero-order chi connectivity index (χ0) is 10.8. The molecule has 2 N–H and O–H groups in total.